The molecule has 2 N–H and O–H groups in total. The first-order valence-corrected chi connectivity index (χ1v) is 8.06. The second kappa shape index (κ2) is 4.65. The highest BCUT2D eigenvalue weighted by molar-refractivity contribution is 5.63. The molecule has 0 saturated heterocycles. The van der Waals surface area contributed by atoms with E-state index in [1.165, 1.54) is 10.7 Å². The summed E-state index contributed by atoms with van der Waals surface area (Å²) in [6.07, 6.45) is 4.75. The number of nitrogens with two attached hydrogens (primary N) is 1. The minimum absolute atomic E-state index is 0.0551. The maximum absolute atomic E-state index is 14.2. The van der Waals surface area contributed by atoms with E-state index in [0.717, 1.165) is 36.9 Å². The van der Waals surface area contributed by atoms with E-state index in [4.69, 9.17) is 15.6 Å². The number of pyridine rings is 1. The topological polar surface area (TPSA) is 78.3 Å². The normalized spacial score (nSPS) is 24.0. The molecule has 0 unspecified atom stereocenters. The molecule has 3 aromatic rings. The van der Waals surface area contributed by atoms with Crippen molar-refractivity contribution in [3.05, 3.63) is 35.7 Å². The Morgan fingerprint density at radius 3 is 2.64 bits per heavy atom. The number of methoxy groups -OCH3 is 1. The first-order valence-electron chi connectivity index (χ1n) is 8.06. The molecule has 6 rings (SSSR count). The molecule has 2 bridgehead atoms. The van der Waals surface area contributed by atoms with Crippen LogP contribution in [0.2, 0.25) is 0 Å². The predicted molar refractivity (Wildman–Crippen MR) is 86.1 cm³/mol. The second-order valence-electron chi connectivity index (χ2n) is 6.92. The molecule has 3 heterocycles. The van der Waals surface area contributed by atoms with E-state index in [-0.39, 0.29) is 16.9 Å². The summed E-state index contributed by atoms with van der Waals surface area (Å²) >= 11 is 0. The van der Waals surface area contributed by atoms with Gasteiger partial charge in [-0.25, -0.2) is 23.3 Å². The first kappa shape index (κ1) is 14.6. The van der Waals surface area contributed by atoms with Crippen LogP contribution in [0.1, 0.15) is 25.0 Å². The van der Waals surface area contributed by atoms with Crippen LogP contribution in [0.3, 0.4) is 0 Å². The highest BCUT2D eigenvalue weighted by Gasteiger charge is 2.59. The van der Waals surface area contributed by atoms with Crippen LogP contribution in [-0.4, -0.2) is 26.7 Å². The van der Waals surface area contributed by atoms with Gasteiger partial charge in [-0.1, -0.05) is 0 Å². The number of anilines is 1. The minimum Gasteiger partial charge on any atom is -0.495 e. The Kier molecular flexibility index (Phi) is 2.71. The van der Waals surface area contributed by atoms with Crippen molar-refractivity contribution in [1.29, 1.82) is 0 Å². The van der Waals surface area contributed by atoms with Gasteiger partial charge in [0.2, 0.25) is 0 Å². The fraction of sp³-hybridized carbons (Fsp3) is 0.353. The van der Waals surface area contributed by atoms with Gasteiger partial charge < -0.3 is 10.5 Å². The lowest BCUT2D eigenvalue weighted by Crippen LogP contribution is -2.56. The molecule has 0 aliphatic heterocycles. The van der Waals surface area contributed by atoms with E-state index in [1.807, 2.05) is 0 Å². The molecule has 0 aromatic carbocycles. The smallest absolute Gasteiger partial charge is 0.168 e. The molecule has 3 fully saturated rings. The van der Waals surface area contributed by atoms with E-state index in [2.05, 4.69) is 9.97 Å². The fourth-order valence-corrected chi connectivity index (χ4v) is 4.01. The number of hydrogen-bond acceptors (Lipinski definition) is 5. The summed E-state index contributed by atoms with van der Waals surface area (Å²) in [5.41, 5.74) is 7.17. The lowest BCUT2D eigenvalue weighted by molar-refractivity contribution is -0.0333. The van der Waals surface area contributed by atoms with Gasteiger partial charge in [0, 0.05) is 17.5 Å². The zero-order valence-corrected chi connectivity index (χ0v) is 13.5. The minimum atomic E-state index is -0.890. The van der Waals surface area contributed by atoms with E-state index < -0.39 is 11.6 Å². The van der Waals surface area contributed by atoms with Crippen molar-refractivity contribution in [1.82, 2.24) is 19.6 Å². The van der Waals surface area contributed by atoms with Gasteiger partial charge in [-0.05, 0) is 25.2 Å². The van der Waals surface area contributed by atoms with Crippen LogP contribution in [0, 0.1) is 17.6 Å². The maximum Gasteiger partial charge on any atom is 0.168 e. The predicted octanol–water partition coefficient (Wildman–Crippen LogP) is 2.71. The van der Waals surface area contributed by atoms with Crippen molar-refractivity contribution in [2.24, 2.45) is 5.92 Å². The molecule has 0 amide bonds. The molecule has 25 heavy (non-hydrogen) atoms. The molecule has 0 atom stereocenters. The highest BCUT2D eigenvalue weighted by atomic mass is 19.1. The van der Waals surface area contributed by atoms with Crippen LogP contribution >= 0.6 is 0 Å². The first-order chi connectivity index (χ1) is 12.0. The number of halogens is 2. The number of imidazole rings is 1. The number of rotatable bonds is 3. The molecule has 3 aromatic heterocycles. The number of nitrogen functional groups attached to an aromatic ring is 1. The SMILES string of the molecule is COc1cc2ncc(-c3nc(N)c(F)cc3F)n2nc1C12CC(C1)C2. The molecule has 3 aliphatic carbocycles. The largest absolute Gasteiger partial charge is 0.495 e. The van der Waals surface area contributed by atoms with Crippen molar-refractivity contribution in [3.8, 4) is 17.1 Å². The number of fused-ring (bicyclic) bond motifs is 1. The molecule has 8 heteroatoms. The summed E-state index contributed by atoms with van der Waals surface area (Å²) in [7, 11) is 1.61. The summed E-state index contributed by atoms with van der Waals surface area (Å²) in [6.45, 7) is 0. The highest BCUT2D eigenvalue weighted by Crippen LogP contribution is 2.66. The van der Waals surface area contributed by atoms with Gasteiger partial charge in [0.25, 0.3) is 0 Å². The number of ether oxygens (including phenoxy) is 1. The van der Waals surface area contributed by atoms with Crippen molar-refractivity contribution < 1.29 is 13.5 Å². The summed E-state index contributed by atoms with van der Waals surface area (Å²) < 4.78 is 34.7. The summed E-state index contributed by atoms with van der Waals surface area (Å²) in [5.74, 6) is -0.590. The van der Waals surface area contributed by atoms with E-state index in [9.17, 15) is 8.78 Å². The lowest BCUT2D eigenvalue weighted by atomic mass is 9.43. The second-order valence-corrected chi connectivity index (χ2v) is 6.92. The summed E-state index contributed by atoms with van der Waals surface area (Å²) in [6, 6.07) is 2.51. The third kappa shape index (κ3) is 1.85. The maximum atomic E-state index is 14.2. The van der Waals surface area contributed by atoms with Gasteiger partial charge in [0.05, 0.1) is 13.3 Å². The molecule has 0 spiro atoms. The summed E-state index contributed by atoms with van der Waals surface area (Å²) in [5, 5.41) is 4.70. The van der Waals surface area contributed by atoms with Crippen molar-refractivity contribution in [2.75, 3.05) is 12.8 Å². The van der Waals surface area contributed by atoms with Crippen LogP contribution in [0.4, 0.5) is 14.6 Å². The van der Waals surface area contributed by atoms with Crippen LogP contribution in [-0.2, 0) is 5.41 Å². The van der Waals surface area contributed by atoms with Crippen LogP contribution < -0.4 is 10.5 Å². The zero-order chi connectivity index (χ0) is 17.3. The zero-order valence-electron chi connectivity index (χ0n) is 13.5. The molecule has 3 saturated carbocycles. The molecule has 3 aliphatic rings. The fourth-order valence-electron chi connectivity index (χ4n) is 4.01. The molecule has 6 nitrogen and oxygen atoms in total. The van der Waals surface area contributed by atoms with Crippen LogP contribution in [0.5, 0.6) is 5.75 Å². The van der Waals surface area contributed by atoms with Crippen molar-refractivity contribution in [3.63, 3.8) is 0 Å². The Morgan fingerprint density at radius 1 is 1.24 bits per heavy atom. The molecular weight excluding hydrogens is 328 g/mol. The van der Waals surface area contributed by atoms with E-state index in [1.54, 1.807) is 13.2 Å². The third-order valence-corrected chi connectivity index (χ3v) is 5.42. The van der Waals surface area contributed by atoms with Gasteiger partial charge in [-0.15, -0.1) is 0 Å². The van der Waals surface area contributed by atoms with E-state index >= 15 is 0 Å². The quantitative estimate of drug-likeness (QED) is 0.791. The Morgan fingerprint density at radius 2 is 2.00 bits per heavy atom. The standard InChI is InChI=1S/C17H15F2N5O/c1-25-12-3-13-21-7-11(14-9(18)2-10(19)16(20)22-14)24(13)23-15(12)17-4-8(5-17)6-17/h2-3,7-8H,4-6H2,1H3,(H2,20,22). The van der Waals surface area contributed by atoms with Gasteiger partial charge in [-0.2, -0.15) is 5.10 Å². The van der Waals surface area contributed by atoms with Gasteiger partial charge in [0.15, 0.2) is 23.1 Å². The molecular formula is C17H15F2N5O. The van der Waals surface area contributed by atoms with Crippen molar-refractivity contribution in [2.45, 2.75) is 24.7 Å². The third-order valence-electron chi connectivity index (χ3n) is 5.42. The van der Waals surface area contributed by atoms with Crippen LogP contribution in [0.25, 0.3) is 17.0 Å². The molecule has 0 radical (unpaired) electrons. The average Bonchev–Trinajstić information content (AvgIpc) is 2.90. The number of aromatic nitrogens is 4. The van der Waals surface area contributed by atoms with E-state index in [0.29, 0.717) is 17.1 Å². The van der Waals surface area contributed by atoms with Gasteiger partial charge in [-0.3, -0.25) is 0 Å². The number of hydrogen-bond donors (Lipinski definition) is 1. The Balaban J connectivity index is 1.73. The Labute approximate surface area is 141 Å². The van der Waals surface area contributed by atoms with Gasteiger partial charge >= 0.3 is 0 Å². The molecule has 128 valence electrons. The Hall–Kier alpha value is -2.77. The van der Waals surface area contributed by atoms with Gasteiger partial charge in [0.1, 0.15) is 22.8 Å². The summed E-state index contributed by atoms with van der Waals surface area (Å²) in [4.78, 5) is 8.09. The lowest BCUT2D eigenvalue weighted by Gasteiger charge is -2.61. The number of nitrogens with zero attached hydrogens (tertiary/aromatic N) is 4. The Bertz CT molecular complexity index is 1010. The van der Waals surface area contributed by atoms with Crippen molar-refractivity contribution >= 4 is 11.5 Å². The monoisotopic (exact) mass is 343 g/mol. The van der Waals surface area contributed by atoms with Crippen LogP contribution in [0.15, 0.2) is 18.3 Å². The average molecular weight is 343 g/mol.